The molecule has 1 aliphatic rings. The molecule has 1 aliphatic carbocycles. The van der Waals surface area contributed by atoms with Gasteiger partial charge in [-0.25, -0.2) is 5.48 Å². The fraction of sp³-hybridized carbons (Fsp3) is 0.462. The van der Waals surface area contributed by atoms with Crippen molar-refractivity contribution in [1.82, 2.24) is 5.48 Å². The number of hydrogen-bond acceptors (Lipinski definition) is 4. The lowest BCUT2D eigenvalue weighted by molar-refractivity contribution is -0.384. The third-order valence-electron chi connectivity index (χ3n) is 3.29. The summed E-state index contributed by atoms with van der Waals surface area (Å²) in [5.74, 6) is -0.362. The summed E-state index contributed by atoms with van der Waals surface area (Å²) >= 11 is 0. The quantitative estimate of drug-likeness (QED) is 0.669. The maximum absolute atomic E-state index is 11.9. The molecule has 0 radical (unpaired) electrons. The van der Waals surface area contributed by atoms with Gasteiger partial charge in [-0.15, -0.1) is 0 Å². The van der Waals surface area contributed by atoms with Gasteiger partial charge in [-0.05, 0) is 31.4 Å². The third kappa shape index (κ3) is 3.29. The highest BCUT2D eigenvalue weighted by Crippen LogP contribution is 2.21. The van der Waals surface area contributed by atoms with Crippen molar-refractivity contribution in [1.29, 1.82) is 0 Å². The molecular weight excluding hydrogens is 248 g/mol. The normalized spacial score (nSPS) is 15.4. The smallest absolute Gasteiger partial charge is 0.270 e. The largest absolute Gasteiger partial charge is 0.275 e. The maximum Gasteiger partial charge on any atom is 0.275 e. The van der Waals surface area contributed by atoms with Gasteiger partial charge in [-0.1, -0.05) is 12.8 Å². The Morgan fingerprint density at radius 1 is 1.42 bits per heavy atom. The van der Waals surface area contributed by atoms with Gasteiger partial charge in [0.25, 0.3) is 11.6 Å². The van der Waals surface area contributed by atoms with Gasteiger partial charge < -0.3 is 0 Å². The van der Waals surface area contributed by atoms with Crippen LogP contribution in [-0.2, 0) is 4.84 Å². The van der Waals surface area contributed by atoms with Crippen LogP contribution in [0.3, 0.4) is 0 Å². The highest BCUT2D eigenvalue weighted by Gasteiger charge is 2.18. The molecule has 0 unspecified atom stereocenters. The van der Waals surface area contributed by atoms with E-state index in [1.54, 1.807) is 6.92 Å². The average molecular weight is 264 g/mol. The van der Waals surface area contributed by atoms with Gasteiger partial charge in [0, 0.05) is 17.7 Å². The first kappa shape index (κ1) is 13.5. The fourth-order valence-corrected chi connectivity index (χ4v) is 2.21. The van der Waals surface area contributed by atoms with Crippen LogP contribution in [0, 0.1) is 17.0 Å². The van der Waals surface area contributed by atoms with Gasteiger partial charge in [0.15, 0.2) is 0 Å². The Morgan fingerprint density at radius 3 is 2.68 bits per heavy atom. The zero-order valence-electron chi connectivity index (χ0n) is 10.7. The molecule has 0 aliphatic heterocycles. The first-order valence-corrected chi connectivity index (χ1v) is 6.29. The number of nitro benzene ring substituents is 1. The lowest BCUT2D eigenvalue weighted by Gasteiger charge is -2.12. The molecule has 1 saturated carbocycles. The first-order valence-electron chi connectivity index (χ1n) is 6.29. The number of nitrogens with one attached hydrogen (secondary N) is 1. The summed E-state index contributed by atoms with van der Waals surface area (Å²) < 4.78 is 0. The zero-order valence-corrected chi connectivity index (χ0v) is 10.7. The SMILES string of the molecule is Cc1cc([N+](=O)[O-])ccc1C(=O)NOC1CCCC1. The van der Waals surface area contributed by atoms with E-state index in [1.807, 2.05) is 0 Å². The van der Waals surface area contributed by atoms with Gasteiger partial charge in [0.1, 0.15) is 0 Å². The predicted octanol–water partition coefficient (Wildman–Crippen LogP) is 2.51. The number of hydroxylamine groups is 1. The topological polar surface area (TPSA) is 81.5 Å². The summed E-state index contributed by atoms with van der Waals surface area (Å²) in [6.07, 6.45) is 4.25. The van der Waals surface area contributed by atoms with Crippen LogP contribution in [0.15, 0.2) is 18.2 Å². The zero-order chi connectivity index (χ0) is 13.8. The van der Waals surface area contributed by atoms with Crippen molar-refractivity contribution in [2.75, 3.05) is 0 Å². The minimum atomic E-state index is -0.482. The molecule has 1 aromatic rings. The molecule has 2 rings (SSSR count). The van der Waals surface area contributed by atoms with Gasteiger partial charge in [-0.3, -0.25) is 19.7 Å². The molecule has 1 N–H and O–H groups in total. The molecule has 0 bridgehead atoms. The average Bonchev–Trinajstić information content (AvgIpc) is 2.88. The summed E-state index contributed by atoms with van der Waals surface area (Å²) in [6.45, 7) is 1.66. The van der Waals surface area contributed by atoms with Crippen LogP contribution >= 0.6 is 0 Å². The van der Waals surface area contributed by atoms with E-state index in [4.69, 9.17) is 4.84 Å². The molecule has 0 spiro atoms. The molecule has 1 fully saturated rings. The first-order chi connectivity index (χ1) is 9.08. The van der Waals surface area contributed by atoms with Gasteiger partial charge >= 0.3 is 0 Å². The number of nitrogens with zero attached hydrogens (tertiary/aromatic N) is 1. The molecule has 0 heterocycles. The number of carbonyl (C=O) groups excluding carboxylic acids is 1. The molecule has 0 saturated heterocycles. The van der Waals surface area contributed by atoms with E-state index in [0.29, 0.717) is 11.1 Å². The Hall–Kier alpha value is -1.95. The lowest BCUT2D eigenvalue weighted by Crippen LogP contribution is -2.28. The number of hydrogen-bond donors (Lipinski definition) is 1. The second-order valence-corrected chi connectivity index (χ2v) is 4.71. The summed E-state index contributed by atoms with van der Waals surface area (Å²) in [5, 5.41) is 10.6. The second-order valence-electron chi connectivity index (χ2n) is 4.71. The maximum atomic E-state index is 11.9. The van der Waals surface area contributed by atoms with Crippen LogP contribution in [0.4, 0.5) is 5.69 Å². The van der Waals surface area contributed by atoms with Crippen molar-refractivity contribution in [3.8, 4) is 0 Å². The van der Waals surface area contributed by atoms with Crippen molar-refractivity contribution in [3.63, 3.8) is 0 Å². The van der Waals surface area contributed by atoms with Crippen molar-refractivity contribution < 1.29 is 14.6 Å². The van der Waals surface area contributed by atoms with E-state index < -0.39 is 4.92 Å². The minimum Gasteiger partial charge on any atom is -0.270 e. The number of nitro groups is 1. The standard InChI is InChI=1S/C13H16N2O4/c1-9-8-10(15(17)18)6-7-12(9)13(16)14-19-11-4-2-3-5-11/h6-8,11H,2-5H2,1H3,(H,14,16). The van der Waals surface area contributed by atoms with Crippen LogP contribution in [0.5, 0.6) is 0 Å². The summed E-state index contributed by atoms with van der Waals surface area (Å²) in [7, 11) is 0. The van der Waals surface area contributed by atoms with Crippen LogP contribution in [0.1, 0.15) is 41.6 Å². The monoisotopic (exact) mass is 264 g/mol. The van der Waals surface area contributed by atoms with Crippen LogP contribution in [-0.4, -0.2) is 16.9 Å². The number of carbonyl (C=O) groups is 1. The van der Waals surface area contributed by atoms with Gasteiger partial charge in [0.05, 0.1) is 11.0 Å². The Balaban J connectivity index is 2.00. The molecule has 0 aromatic heterocycles. The molecule has 6 heteroatoms. The van der Waals surface area contributed by atoms with Crippen LogP contribution in [0.2, 0.25) is 0 Å². The fourth-order valence-electron chi connectivity index (χ4n) is 2.21. The van der Waals surface area contributed by atoms with Crippen molar-refractivity contribution in [3.05, 3.63) is 39.4 Å². The number of amides is 1. The number of non-ortho nitro benzene ring substituents is 1. The summed E-state index contributed by atoms with van der Waals surface area (Å²) in [6, 6.07) is 4.14. The number of benzene rings is 1. The van der Waals surface area contributed by atoms with E-state index in [1.165, 1.54) is 18.2 Å². The van der Waals surface area contributed by atoms with E-state index >= 15 is 0 Å². The van der Waals surface area contributed by atoms with Gasteiger partial charge in [0.2, 0.25) is 0 Å². The van der Waals surface area contributed by atoms with Crippen molar-refractivity contribution in [2.24, 2.45) is 0 Å². The summed E-state index contributed by atoms with van der Waals surface area (Å²) in [5.41, 5.74) is 3.35. The summed E-state index contributed by atoms with van der Waals surface area (Å²) in [4.78, 5) is 27.3. The predicted molar refractivity (Wildman–Crippen MR) is 68.6 cm³/mol. The van der Waals surface area contributed by atoms with Crippen molar-refractivity contribution >= 4 is 11.6 Å². The minimum absolute atomic E-state index is 0.0224. The van der Waals surface area contributed by atoms with E-state index in [-0.39, 0.29) is 17.7 Å². The number of rotatable bonds is 4. The van der Waals surface area contributed by atoms with Crippen LogP contribution < -0.4 is 5.48 Å². The Labute approximate surface area is 110 Å². The Bertz CT molecular complexity index is 495. The van der Waals surface area contributed by atoms with E-state index in [0.717, 1.165) is 25.7 Å². The number of aryl methyl sites for hydroxylation is 1. The highest BCUT2D eigenvalue weighted by atomic mass is 16.7. The van der Waals surface area contributed by atoms with Crippen LogP contribution in [0.25, 0.3) is 0 Å². The molecule has 6 nitrogen and oxygen atoms in total. The molecule has 102 valence electrons. The molecule has 1 amide bonds. The highest BCUT2D eigenvalue weighted by molar-refractivity contribution is 5.95. The third-order valence-corrected chi connectivity index (χ3v) is 3.29. The van der Waals surface area contributed by atoms with E-state index in [2.05, 4.69) is 5.48 Å². The second kappa shape index (κ2) is 5.79. The molecule has 19 heavy (non-hydrogen) atoms. The van der Waals surface area contributed by atoms with Gasteiger partial charge in [-0.2, -0.15) is 0 Å². The van der Waals surface area contributed by atoms with E-state index in [9.17, 15) is 14.9 Å². The molecular formula is C13H16N2O4. The molecule has 0 atom stereocenters. The van der Waals surface area contributed by atoms with Crippen molar-refractivity contribution in [2.45, 2.75) is 38.7 Å². The Morgan fingerprint density at radius 2 is 2.11 bits per heavy atom. The molecule has 1 aromatic carbocycles. The lowest BCUT2D eigenvalue weighted by atomic mass is 10.1. The Kier molecular flexibility index (Phi) is 4.11.